The molecule has 0 aromatic rings. The molecule has 1 unspecified atom stereocenters. The van der Waals surface area contributed by atoms with Crippen molar-refractivity contribution in [2.24, 2.45) is 5.92 Å². The second kappa shape index (κ2) is 4.78. The Balaban J connectivity index is 1.95. The molecule has 1 atom stereocenters. The van der Waals surface area contributed by atoms with E-state index in [9.17, 15) is 9.59 Å². The molecule has 2 rings (SSSR count). The highest BCUT2D eigenvalue weighted by Gasteiger charge is 2.38. The zero-order chi connectivity index (χ0) is 13.3. The lowest BCUT2D eigenvalue weighted by Crippen LogP contribution is -2.42. The number of nitrogens with one attached hydrogen (secondary N) is 1. The van der Waals surface area contributed by atoms with Gasteiger partial charge >= 0.3 is 6.09 Å². The first-order chi connectivity index (χ1) is 8.37. The van der Waals surface area contributed by atoms with E-state index in [2.05, 4.69) is 5.32 Å². The van der Waals surface area contributed by atoms with Crippen molar-refractivity contribution in [3.05, 3.63) is 0 Å². The lowest BCUT2D eigenvalue weighted by Gasteiger charge is -2.28. The van der Waals surface area contributed by atoms with Crippen molar-refractivity contribution in [3.63, 3.8) is 0 Å². The molecule has 2 aliphatic rings. The summed E-state index contributed by atoms with van der Waals surface area (Å²) in [5.74, 6) is -0.0117. The van der Waals surface area contributed by atoms with Crippen LogP contribution in [0.2, 0.25) is 0 Å². The van der Waals surface area contributed by atoms with E-state index < -0.39 is 5.60 Å². The van der Waals surface area contributed by atoms with Gasteiger partial charge in [-0.3, -0.25) is 4.79 Å². The maximum atomic E-state index is 12.1. The van der Waals surface area contributed by atoms with Crippen LogP contribution in [-0.2, 0) is 9.53 Å². The van der Waals surface area contributed by atoms with Crippen LogP contribution >= 0.6 is 0 Å². The Morgan fingerprint density at radius 1 is 1.39 bits per heavy atom. The van der Waals surface area contributed by atoms with Gasteiger partial charge in [-0.15, -0.1) is 0 Å². The highest BCUT2D eigenvalue weighted by molar-refractivity contribution is 5.81. The van der Waals surface area contributed by atoms with Crippen LogP contribution in [-0.4, -0.2) is 41.6 Å². The Bertz CT molecular complexity index is 345. The molecule has 1 saturated carbocycles. The molecular formula is C13H22N2O3. The van der Waals surface area contributed by atoms with E-state index in [0.29, 0.717) is 6.54 Å². The number of rotatable bonds is 3. The summed E-state index contributed by atoms with van der Waals surface area (Å²) in [6, 6.07) is 0.272. The van der Waals surface area contributed by atoms with Crippen molar-refractivity contribution in [1.82, 2.24) is 10.2 Å². The number of nitrogens with zero attached hydrogens (tertiary/aromatic N) is 1. The van der Waals surface area contributed by atoms with Crippen molar-refractivity contribution in [2.75, 3.05) is 13.1 Å². The maximum absolute atomic E-state index is 12.1. The molecular weight excluding hydrogens is 232 g/mol. The Morgan fingerprint density at radius 3 is 2.50 bits per heavy atom. The van der Waals surface area contributed by atoms with E-state index in [1.165, 1.54) is 0 Å². The van der Waals surface area contributed by atoms with Crippen LogP contribution in [0.4, 0.5) is 4.79 Å². The van der Waals surface area contributed by atoms with Crippen LogP contribution in [0, 0.1) is 5.92 Å². The van der Waals surface area contributed by atoms with E-state index in [1.54, 1.807) is 4.90 Å². The monoisotopic (exact) mass is 254 g/mol. The zero-order valence-electron chi connectivity index (χ0n) is 11.4. The summed E-state index contributed by atoms with van der Waals surface area (Å²) < 4.78 is 5.40. The molecule has 0 bridgehead atoms. The topological polar surface area (TPSA) is 58.6 Å². The summed E-state index contributed by atoms with van der Waals surface area (Å²) in [4.78, 5) is 25.4. The highest BCUT2D eigenvalue weighted by atomic mass is 16.6. The molecule has 0 radical (unpaired) electrons. The number of amides is 2. The predicted molar refractivity (Wildman–Crippen MR) is 67.1 cm³/mol. The third-order valence-electron chi connectivity index (χ3n) is 3.20. The van der Waals surface area contributed by atoms with Crippen molar-refractivity contribution in [2.45, 2.75) is 51.7 Å². The molecule has 1 aliphatic carbocycles. The predicted octanol–water partition coefficient (Wildman–Crippen LogP) is 1.52. The van der Waals surface area contributed by atoms with Crippen LogP contribution in [0.5, 0.6) is 0 Å². The van der Waals surface area contributed by atoms with E-state index in [4.69, 9.17) is 4.74 Å². The summed E-state index contributed by atoms with van der Waals surface area (Å²) in [7, 11) is 0. The Morgan fingerprint density at radius 2 is 2.06 bits per heavy atom. The van der Waals surface area contributed by atoms with Gasteiger partial charge in [0.2, 0.25) is 5.91 Å². The van der Waals surface area contributed by atoms with Gasteiger partial charge in [-0.1, -0.05) is 0 Å². The molecule has 5 heteroatoms. The second-order valence-corrected chi connectivity index (χ2v) is 6.14. The number of hydrogen-bond acceptors (Lipinski definition) is 3. The molecule has 1 N–H and O–H groups in total. The fourth-order valence-corrected chi connectivity index (χ4v) is 2.14. The number of carbonyl (C=O) groups is 2. The van der Waals surface area contributed by atoms with E-state index in [-0.39, 0.29) is 24.0 Å². The number of carbonyl (C=O) groups excluding carboxylic acids is 2. The zero-order valence-corrected chi connectivity index (χ0v) is 11.4. The van der Waals surface area contributed by atoms with Crippen molar-refractivity contribution < 1.29 is 14.3 Å². The van der Waals surface area contributed by atoms with Gasteiger partial charge in [-0.2, -0.15) is 0 Å². The normalized spacial score (nSPS) is 23.7. The highest BCUT2D eigenvalue weighted by Crippen LogP contribution is 2.30. The smallest absolute Gasteiger partial charge is 0.410 e. The number of hydrogen-bond donors (Lipinski definition) is 1. The van der Waals surface area contributed by atoms with Gasteiger partial charge in [0.1, 0.15) is 5.60 Å². The molecule has 102 valence electrons. The Kier molecular flexibility index (Phi) is 3.50. The van der Waals surface area contributed by atoms with Gasteiger partial charge in [0.25, 0.3) is 0 Å². The minimum atomic E-state index is -0.484. The van der Waals surface area contributed by atoms with Crippen LogP contribution in [0.15, 0.2) is 0 Å². The van der Waals surface area contributed by atoms with Crippen molar-refractivity contribution >= 4 is 12.0 Å². The van der Waals surface area contributed by atoms with Gasteiger partial charge in [-0.05, 0) is 40.0 Å². The van der Waals surface area contributed by atoms with Crippen LogP contribution < -0.4 is 5.32 Å². The summed E-state index contributed by atoms with van der Waals surface area (Å²) in [5.41, 5.74) is -0.484. The molecule has 2 amide bonds. The molecule has 0 spiro atoms. The maximum Gasteiger partial charge on any atom is 0.410 e. The van der Waals surface area contributed by atoms with E-state index in [0.717, 1.165) is 25.8 Å². The Hall–Kier alpha value is -1.26. The van der Waals surface area contributed by atoms with Crippen LogP contribution in [0.1, 0.15) is 40.0 Å². The lowest BCUT2D eigenvalue weighted by molar-refractivity contribution is -0.122. The SMILES string of the molecule is CC(C)(C)OC(=O)N(CC1CCNC1=O)C1CC1. The fraction of sp³-hybridized carbons (Fsp3) is 0.846. The summed E-state index contributed by atoms with van der Waals surface area (Å²) >= 11 is 0. The Labute approximate surface area is 108 Å². The first-order valence-corrected chi connectivity index (χ1v) is 6.64. The molecule has 5 nitrogen and oxygen atoms in total. The number of ether oxygens (including phenoxy) is 1. The lowest BCUT2D eigenvalue weighted by atomic mass is 10.1. The summed E-state index contributed by atoms with van der Waals surface area (Å²) in [6.07, 6.45) is 2.57. The van der Waals surface area contributed by atoms with Crippen LogP contribution in [0.3, 0.4) is 0 Å². The van der Waals surface area contributed by atoms with Crippen molar-refractivity contribution in [1.29, 1.82) is 0 Å². The standard InChI is InChI=1S/C13H22N2O3/c1-13(2,3)18-12(17)15(10-4-5-10)8-9-6-7-14-11(9)16/h9-10H,4-8H2,1-3H3,(H,14,16). The summed E-state index contributed by atoms with van der Waals surface area (Å²) in [5, 5.41) is 2.80. The van der Waals surface area contributed by atoms with Gasteiger partial charge in [0.15, 0.2) is 0 Å². The third-order valence-corrected chi connectivity index (χ3v) is 3.20. The third kappa shape index (κ3) is 3.37. The average Bonchev–Trinajstić information content (AvgIpc) is 2.97. The minimum absolute atomic E-state index is 0.0595. The first-order valence-electron chi connectivity index (χ1n) is 6.64. The van der Waals surface area contributed by atoms with E-state index in [1.807, 2.05) is 20.8 Å². The quantitative estimate of drug-likeness (QED) is 0.830. The summed E-state index contributed by atoms with van der Waals surface area (Å²) in [6.45, 7) is 6.79. The molecule has 0 aromatic carbocycles. The molecule has 1 heterocycles. The molecule has 18 heavy (non-hydrogen) atoms. The van der Waals surface area contributed by atoms with E-state index >= 15 is 0 Å². The molecule has 1 aliphatic heterocycles. The van der Waals surface area contributed by atoms with Gasteiger partial charge < -0.3 is 15.0 Å². The molecule has 2 fully saturated rings. The molecule has 1 saturated heterocycles. The minimum Gasteiger partial charge on any atom is -0.444 e. The average molecular weight is 254 g/mol. The van der Waals surface area contributed by atoms with Crippen LogP contribution in [0.25, 0.3) is 0 Å². The van der Waals surface area contributed by atoms with Crippen molar-refractivity contribution in [3.8, 4) is 0 Å². The van der Waals surface area contributed by atoms with Gasteiger partial charge in [0.05, 0.1) is 5.92 Å². The van der Waals surface area contributed by atoms with Gasteiger partial charge in [0, 0.05) is 19.1 Å². The second-order valence-electron chi connectivity index (χ2n) is 6.14. The van der Waals surface area contributed by atoms with Gasteiger partial charge in [-0.25, -0.2) is 4.79 Å². The first kappa shape index (κ1) is 13.2. The fourth-order valence-electron chi connectivity index (χ4n) is 2.14. The largest absolute Gasteiger partial charge is 0.444 e. The molecule has 0 aromatic heterocycles.